The maximum absolute atomic E-state index is 13.2. The summed E-state index contributed by atoms with van der Waals surface area (Å²) in [5.41, 5.74) is -2.21. The Morgan fingerprint density at radius 3 is 2.19 bits per heavy atom. The standard InChI is InChI=1S/C29H28O8/c1-16(30)18-14-21(35-3)25-22(15-18)37-29(19-10-12-20(34-2)13-11-19)24(17-8-6-5-7-9-17)23(27(32)36-4)26(31)28(25,29)33/h5-15,23-24,26,31,33H,1-4H3/t23-,24-,26-,28+,29+/m1/s1. The van der Waals surface area contributed by atoms with Gasteiger partial charge in [0.2, 0.25) is 0 Å². The van der Waals surface area contributed by atoms with Crippen LogP contribution in [0.4, 0.5) is 0 Å². The van der Waals surface area contributed by atoms with Crippen LogP contribution in [0.5, 0.6) is 17.2 Å². The first-order valence-electron chi connectivity index (χ1n) is 11.8. The van der Waals surface area contributed by atoms with E-state index in [0.717, 1.165) is 0 Å². The fraction of sp³-hybridized carbons (Fsp3) is 0.310. The maximum atomic E-state index is 13.2. The lowest BCUT2D eigenvalue weighted by molar-refractivity contribution is -0.161. The van der Waals surface area contributed by atoms with Gasteiger partial charge in [0.05, 0.1) is 32.8 Å². The molecule has 3 aromatic rings. The summed E-state index contributed by atoms with van der Waals surface area (Å²) < 4.78 is 22.7. The third-order valence-electron chi connectivity index (χ3n) is 7.63. The first-order valence-corrected chi connectivity index (χ1v) is 11.8. The average Bonchev–Trinajstić information content (AvgIpc) is 3.30. The van der Waals surface area contributed by atoms with E-state index in [-0.39, 0.29) is 22.8 Å². The van der Waals surface area contributed by atoms with E-state index in [1.807, 2.05) is 30.3 Å². The van der Waals surface area contributed by atoms with Gasteiger partial charge in [-0.1, -0.05) is 42.5 Å². The molecule has 2 N–H and O–H groups in total. The van der Waals surface area contributed by atoms with Crippen molar-refractivity contribution < 1.29 is 38.7 Å². The number of rotatable bonds is 6. The Hall–Kier alpha value is -3.88. The molecule has 0 saturated heterocycles. The summed E-state index contributed by atoms with van der Waals surface area (Å²) in [5.74, 6) is -2.06. The summed E-state index contributed by atoms with van der Waals surface area (Å²) in [6.07, 6.45) is -1.65. The molecule has 192 valence electrons. The van der Waals surface area contributed by atoms with Crippen LogP contribution in [0.15, 0.2) is 66.7 Å². The molecule has 0 spiro atoms. The van der Waals surface area contributed by atoms with Gasteiger partial charge in [-0.15, -0.1) is 0 Å². The van der Waals surface area contributed by atoms with Gasteiger partial charge in [0.25, 0.3) is 0 Å². The van der Waals surface area contributed by atoms with Crippen LogP contribution in [0, 0.1) is 5.92 Å². The van der Waals surface area contributed by atoms with Crippen molar-refractivity contribution in [1.82, 2.24) is 0 Å². The minimum atomic E-state index is -2.16. The molecular formula is C29H28O8. The number of ketones is 1. The molecule has 1 fully saturated rings. The third kappa shape index (κ3) is 3.29. The Morgan fingerprint density at radius 2 is 1.62 bits per heavy atom. The van der Waals surface area contributed by atoms with Crippen LogP contribution in [0.3, 0.4) is 0 Å². The topological polar surface area (TPSA) is 112 Å². The van der Waals surface area contributed by atoms with E-state index in [2.05, 4.69) is 0 Å². The van der Waals surface area contributed by atoms with Crippen molar-refractivity contribution in [1.29, 1.82) is 0 Å². The monoisotopic (exact) mass is 504 g/mol. The van der Waals surface area contributed by atoms with E-state index in [1.165, 1.54) is 33.3 Å². The lowest BCUT2D eigenvalue weighted by atomic mass is 9.70. The number of aliphatic hydroxyl groups is 2. The Balaban J connectivity index is 1.89. The van der Waals surface area contributed by atoms with E-state index in [9.17, 15) is 19.8 Å². The Labute approximate surface area is 214 Å². The molecule has 8 nitrogen and oxygen atoms in total. The number of esters is 1. The zero-order chi connectivity index (χ0) is 26.5. The van der Waals surface area contributed by atoms with Crippen LogP contribution in [0.25, 0.3) is 0 Å². The van der Waals surface area contributed by atoms with Crippen LogP contribution >= 0.6 is 0 Å². The lowest BCUT2D eigenvalue weighted by Crippen LogP contribution is -2.52. The molecule has 8 heteroatoms. The van der Waals surface area contributed by atoms with Gasteiger partial charge in [-0.05, 0) is 42.3 Å². The predicted octanol–water partition coefficient (Wildman–Crippen LogP) is 3.33. The molecule has 0 aromatic heterocycles. The van der Waals surface area contributed by atoms with Crippen molar-refractivity contribution in [3.8, 4) is 17.2 Å². The maximum Gasteiger partial charge on any atom is 0.312 e. The number of hydrogen-bond acceptors (Lipinski definition) is 8. The fourth-order valence-corrected chi connectivity index (χ4v) is 6.01. The van der Waals surface area contributed by atoms with Gasteiger partial charge in [0.1, 0.15) is 23.4 Å². The quantitative estimate of drug-likeness (QED) is 0.389. The van der Waals surface area contributed by atoms with Crippen molar-refractivity contribution in [2.24, 2.45) is 5.92 Å². The molecule has 1 aliphatic heterocycles. The van der Waals surface area contributed by atoms with Gasteiger partial charge in [-0.2, -0.15) is 0 Å². The largest absolute Gasteiger partial charge is 0.497 e. The molecule has 0 amide bonds. The number of fused-ring (bicyclic) bond motifs is 3. The molecule has 1 saturated carbocycles. The van der Waals surface area contributed by atoms with Crippen LogP contribution in [0.1, 0.15) is 39.9 Å². The van der Waals surface area contributed by atoms with Gasteiger partial charge in [-0.25, -0.2) is 0 Å². The van der Waals surface area contributed by atoms with Crippen molar-refractivity contribution in [2.45, 2.75) is 30.1 Å². The summed E-state index contributed by atoms with van der Waals surface area (Å²) >= 11 is 0. The van der Waals surface area contributed by atoms with Crippen molar-refractivity contribution in [2.75, 3.05) is 21.3 Å². The summed E-state index contributed by atoms with van der Waals surface area (Å²) in [5, 5.41) is 24.5. The summed E-state index contributed by atoms with van der Waals surface area (Å²) in [4.78, 5) is 25.5. The van der Waals surface area contributed by atoms with Gasteiger partial charge < -0.3 is 29.2 Å². The average molecular weight is 505 g/mol. The Kier molecular flexibility index (Phi) is 5.96. The van der Waals surface area contributed by atoms with Crippen LogP contribution in [-0.4, -0.2) is 49.4 Å². The molecule has 0 bridgehead atoms. The van der Waals surface area contributed by atoms with Crippen molar-refractivity contribution >= 4 is 11.8 Å². The summed E-state index contributed by atoms with van der Waals surface area (Å²) in [6.45, 7) is 1.42. The van der Waals surface area contributed by atoms with Crippen LogP contribution in [0.2, 0.25) is 0 Å². The molecule has 1 aliphatic carbocycles. The normalized spacial score (nSPS) is 27.6. The molecule has 5 rings (SSSR count). The van der Waals surface area contributed by atoms with E-state index in [4.69, 9.17) is 18.9 Å². The molecule has 2 aliphatic rings. The number of methoxy groups -OCH3 is 3. The van der Waals surface area contributed by atoms with Crippen molar-refractivity contribution in [3.63, 3.8) is 0 Å². The number of Topliss-reactive ketones (excluding diaryl/α,β-unsaturated/α-hetero) is 1. The highest BCUT2D eigenvalue weighted by Gasteiger charge is 2.78. The van der Waals surface area contributed by atoms with Crippen LogP contribution < -0.4 is 14.2 Å². The molecule has 0 unspecified atom stereocenters. The second-order valence-corrected chi connectivity index (χ2v) is 9.32. The number of carbonyl (C=O) groups excluding carboxylic acids is 2. The third-order valence-corrected chi connectivity index (χ3v) is 7.63. The number of hydrogen-bond donors (Lipinski definition) is 2. The van der Waals surface area contributed by atoms with Gasteiger partial charge >= 0.3 is 5.97 Å². The zero-order valence-corrected chi connectivity index (χ0v) is 20.9. The Bertz CT molecular complexity index is 1350. The molecule has 3 aromatic carbocycles. The van der Waals surface area contributed by atoms with Crippen LogP contribution in [-0.2, 0) is 20.7 Å². The minimum Gasteiger partial charge on any atom is -0.497 e. The highest BCUT2D eigenvalue weighted by atomic mass is 16.5. The number of aliphatic hydroxyl groups excluding tert-OH is 1. The Morgan fingerprint density at radius 1 is 0.946 bits per heavy atom. The lowest BCUT2D eigenvalue weighted by Gasteiger charge is -2.40. The number of benzene rings is 3. The van der Waals surface area contributed by atoms with Gasteiger partial charge in [0, 0.05) is 11.5 Å². The summed E-state index contributed by atoms with van der Waals surface area (Å²) in [6, 6.07) is 19.0. The smallest absolute Gasteiger partial charge is 0.312 e. The second-order valence-electron chi connectivity index (χ2n) is 9.32. The molecule has 37 heavy (non-hydrogen) atoms. The molecular weight excluding hydrogens is 476 g/mol. The molecule has 1 heterocycles. The minimum absolute atomic E-state index is 0.163. The molecule has 0 radical (unpaired) electrons. The van der Waals surface area contributed by atoms with E-state index >= 15 is 0 Å². The number of carbonyl (C=O) groups is 2. The zero-order valence-electron chi connectivity index (χ0n) is 20.9. The first-order chi connectivity index (χ1) is 17.7. The molecule has 5 atom stereocenters. The fourth-order valence-electron chi connectivity index (χ4n) is 6.01. The van der Waals surface area contributed by atoms with E-state index in [1.54, 1.807) is 31.4 Å². The van der Waals surface area contributed by atoms with E-state index < -0.39 is 35.1 Å². The highest BCUT2D eigenvalue weighted by Crippen LogP contribution is 2.70. The van der Waals surface area contributed by atoms with E-state index in [0.29, 0.717) is 22.4 Å². The van der Waals surface area contributed by atoms with Gasteiger partial charge in [0.15, 0.2) is 17.0 Å². The predicted molar refractivity (Wildman–Crippen MR) is 133 cm³/mol. The van der Waals surface area contributed by atoms with Gasteiger partial charge in [-0.3, -0.25) is 9.59 Å². The first kappa shape index (κ1) is 24.8. The second kappa shape index (κ2) is 8.90. The van der Waals surface area contributed by atoms with Crippen molar-refractivity contribution in [3.05, 3.63) is 89.0 Å². The highest BCUT2D eigenvalue weighted by molar-refractivity contribution is 5.95. The SMILES string of the molecule is COC(=O)[C@H]1[C@@H](O)[C@@]2(O)c3c(OC)cc(C(C)=O)cc3O[C@@]2(c2ccc(OC)cc2)[C@@H]1c1ccccc1. The summed E-state index contributed by atoms with van der Waals surface area (Å²) in [7, 11) is 4.19. The number of ether oxygens (including phenoxy) is 4.